The van der Waals surface area contributed by atoms with Crippen molar-refractivity contribution >= 4 is 51.6 Å². The third kappa shape index (κ3) is 4.42. The molecular weight excluding hydrogens is 377 g/mol. The number of carbonyl (C=O) groups is 1. The average molecular weight is 392 g/mol. The Morgan fingerprint density at radius 2 is 1.96 bits per heavy atom. The van der Waals surface area contributed by atoms with Gasteiger partial charge in [0, 0.05) is 24.4 Å². The van der Waals surface area contributed by atoms with Crippen LogP contribution in [0.15, 0.2) is 53.7 Å². The maximum atomic E-state index is 12.4. The smallest absolute Gasteiger partial charge is 0.233 e. The molecule has 0 aliphatic heterocycles. The summed E-state index contributed by atoms with van der Waals surface area (Å²) in [6.07, 6.45) is 1.72. The van der Waals surface area contributed by atoms with Gasteiger partial charge in [0.1, 0.15) is 5.03 Å². The molecule has 1 aromatic heterocycles. The number of amides is 1. The van der Waals surface area contributed by atoms with Gasteiger partial charge in [-0.2, -0.15) is 5.10 Å². The molecule has 25 heavy (non-hydrogen) atoms. The van der Waals surface area contributed by atoms with E-state index >= 15 is 0 Å². The molecule has 0 aliphatic rings. The van der Waals surface area contributed by atoms with Crippen LogP contribution in [0.5, 0.6) is 0 Å². The number of hydrogen-bond donors (Lipinski definition) is 0. The van der Waals surface area contributed by atoms with Crippen molar-refractivity contribution in [3.8, 4) is 0 Å². The molecule has 7 heteroatoms. The lowest BCUT2D eigenvalue weighted by molar-refractivity contribution is -0.127. The highest BCUT2D eigenvalue weighted by atomic mass is 35.5. The van der Waals surface area contributed by atoms with Gasteiger partial charge in [0.15, 0.2) is 0 Å². The summed E-state index contributed by atoms with van der Waals surface area (Å²) in [7, 11) is 1.76. The SMILES string of the molecule is CN(Cc1ccc(Cl)c(Cl)c1)C(=O)CSc1nncc2ccccc12. The van der Waals surface area contributed by atoms with E-state index in [0.717, 1.165) is 21.4 Å². The van der Waals surface area contributed by atoms with E-state index in [1.54, 1.807) is 30.3 Å². The molecule has 0 fully saturated rings. The van der Waals surface area contributed by atoms with E-state index in [-0.39, 0.29) is 5.91 Å². The number of halogens is 2. The zero-order chi connectivity index (χ0) is 17.8. The number of carbonyl (C=O) groups excluding carboxylic acids is 1. The third-order valence-corrected chi connectivity index (χ3v) is 5.40. The van der Waals surface area contributed by atoms with Gasteiger partial charge in [-0.25, -0.2) is 0 Å². The fraction of sp³-hybridized carbons (Fsp3) is 0.167. The second kappa shape index (κ2) is 8.04. The number of thioether (sulfide) groups is 1. The van der Waals surface area contributed by atoms with Crippen molar-refractivity contribution in [2.75, 3.05) is 12.8 Å². The van der Waals surface area contributed by atoms with Gasteiger partial charge in [-0.3, -0.25) is 4.79 Å². The number of nitrogens with zero attached hydrogens (tertiary/aromatic N) is 3. The number of fused-ring (bicyclic) bond motifs is 1. The lowest BCUT2D eigenvalue weighted by Gasteiger charge is -2.17. The van der Waals surface area contributed by atoms with Gasteiger partial charge in [-0.05, 0) is 17.7 Å². The summed E-state index contributed by atoms with van der Waals surface area (Å²) in [5, 5.41) is 11.9. The Balaban J connectivity index is 1.64. The average Bonchev–Trinajstić information content (AvgIpc) is 2.62. The van der Waals surface area contributed by atoms with Crippen LogP contribution in [-0.4, -0.2) is 33.8 Å². The second-order valence-corrected chi connectivity index (χ2v) is 7.30. The summed E-state index contributed by atoms with van der Waals surface area (Å²) in [6.45, 7) is 0.470. The molecule has 4 nitrogen and oxygen atoms in total. The molecule has 3 rings (SSSR count). The Morgan fingerprint density at radius 3 is 2.76 bits per heavy atom. The van der Waals surface area contributed by atoms with E-state index in [1.807, 2.05) is 30.3 Å². The number of hydrogen-bond acceptors (Lipinski definition) is 4. The quantitative estimate of drug-likeness (QED) is 0.591. The molecule has 2 aromatic carbocycles. The van der Waals surface area contributed by atoms with Crippen LogP contribution in [0.25, 0.3) is 10.8 Å². The number of rotatable bonds is 5. The topological polar surface area (TPSA) is 46.1 Å². The molecule has 0 unspecified atom stereocenters. The van der Waals surface area contributed by atoms with Gasteiger partial charge in [0.05, 0.1) is 22.0 Å². The van der Waals surface area contributed by atoms with E-state index in [2.05, 4.69) is 10.2 Å². The van der Waals surface area contributed by atoms with Crippen molar-refractivity contribution in [3.63, 3.8) is 0 Å². The number of aromatic nitrogens is 2. The van der Waals surface area contributed by atoms with Crippen molar-refractivity contribution in [2.45, 2.75) is 11.6 Å². The normalized spacial score (nSPS) is 10.8. The Morgan fingerprint density at radius 1 is 1.16 bits per heavy atom. The molecule has 3 aromatic rings. The van der Waals surface area contributed by atoms with Crippen LogP contribution >= 0.6 is 35.0 Å². The first-order valence-corrected chi connectivity index (χ1v) is 9.30. The Bertz CT molecular complexity index is 914. The summed E-state index contributed by atoms with van der Waals surface area (Å²) in [5.41, 5.74) is 0.931. The highest BCUT2D eigenvalue weighted by Crippen LogP contribution is 2.25. The Kier molecular flexibility index (Phi) is 5.78. The summed E-state index contributed by atoms with van der Waals surface area (Å²) < 4.78 is 0. The van der Waals surface area contributed by atoms with Gasteiger partial charge in [-0.1, -0.05) is 65.3 Å². The molecule has 0 atom stereocenters. The predicted molar refractivity (Wildman–Crippen MR) is 103 cm³/mol. The summed E-state index contributed by atoms with van der Waals surface area (Å²) in [4.78, 5) is 14.1. The monoisotopic (exact) mass is 391 g/mol. The van der Waals surface area contributed by atoms with Crippen LogP contribution < -0.4 is 0 Å². The molecule has 0 spiro atoms. The molecule has 0 saturated heterocycles. The first-order chi connectivity index (χ1) is 12.0. The molecule has 128 valence electrons. The van der Waals surface area contributed by atoms with Crippen LogP contribution in [-0.2, 0) is 11.3 Å². The van der Waals surface area contributed by atoms with Crippen molar-refractivity contribution in [2.24, 2.45) is 0 Å². The van der Waals surface area contributed by atoms with Gasteiger partial charge < -0.3 is 4.90 Å². The summed E-state index contributed by atoms with van der Waals surface area (Å²) >= 11 is 13.3. The molecule has 0 saturated carbocycles. The van der Waals surface area contributed by atoms with Gasteiger partial charge in [0.2, 0.25) is 5.91 Å². The minimum absolute atomic E-state index is 0.00538. The highest BCUT2D eigenvalue weighted by molar-refractivity contribution is 8.00. The summed E-state index contributed by atoms with van der Waals surface area (Å²) in [5.74, 6) is 0.298. The predicted octanol–water partition coefficient (Wildman–Crippen LogP) is 4.69. The minimum Gasteiger partial charge on any atom is -0.341 e. The van der Waals surface area contributed by atoms with E-state index in [1.165, 1.54) is 11.8 Å². The minimum atomic E-state index is 0.00538. The molecule has 0 bridgehead atoms. The zero-order valence-electron chi connectivity index (χ0n) is 13.4. The maximum Gasteiger partial charge on any atom is 0.233 e. The van der Waals surface area contributed by atoms with Crippen LogP contribution in [0.3, 0.4) is 0 Å². The van der Waals surface area contributed by atoms with Crippen molar-refractivity contribution in [3.05, 3.63) is 64.3 Å². The van der Waals surface area contributed by atoms with E-state index in [9.17, 15) is 4.79 Å². The van der Waals surface area contributed by atoms with E-state index < -0.39 is 0 Å². The van der Waals surface area contributed by atoms with E-state index in [4.69, 9.17) is 23.2 Å². The zero-order valence-corrected chi connectivity index (χ0v) is 15.8. The van der Waals surface area contributed by atoms with Crippen LogP contribution in [0, 0.1) is 0 Å². The highest BCUT2D eigenvalue weighted by Gasteiger charge is 2.13. The fourth-order valence-electron chi connectivity index (χ4n) is 2.35. The van der Waals surface area contributed by atoms with Crippen molar-refractivity contribution in [1.82, 2.24) is 15.1 Å². The lowest BCUT2D eigenvalue weighted by atomic mass is 10.2. The largest absolute Gasteiger partial charge is 0.341 e. The molecular formula is C18H15Cl2N3OS. The van der Waals surface area contributed by atoms with Crippen LogP contribution in [0.4, 0.5) is 0 Å². The Labute approximate surface area is 160 Å². The first-order valence-electron chi connectivity index (χ1n) is 7.55. The molecule has 0 aliphatic carbocycles. The molecule has 1 amide bonds. The van der Waals surface area contributed by atoms with Gasteiger partial charge in [-0.15, -0.1) is 5.10 Å². The van der Waals surface area contributed by atoms with Crippen molar-refractivity contribution < 1.29 is 4.79 Å². The van der Waals surface area contributed by atoms with Crippen LogP contribution in [0.1, 0.15) is 5.56 Å². The molecule has 1 heterocycles. The third-order valence-electron chi connectivity index (χ3n) is 3.70. The van der Waals surface area contributed by atoms with Gasteiger partial charge in [0.25, 0.3) is 0 Å². The van der Waals surface area contributed by atoms with Crippen LogP contribution in [0.2, 0.25) is 10.0 Å². The lowest BCUT2D eigenvalue weighted by Crippen LogP contribution is -2.27. The second-order valence-electron chi connectivity index (χ2n) is 5.52. The number of benzene rings is 2. The summed E-state index contributed by atoms with van der Waals surface area (Å²) in [6, 6.07) is 13.2. The van der Waals surface area contributed by atoms with E-state index in [0.29, 0.717) is 22.3 Å². The Hall–Kier alpha value is -1.82. The van der Waals surface area contributed by atoms with Crippen molar-refractivity contribution in [1.29, 1.82) is 0 Å². The molecule has 0 radical (unpaired) electrons. The van der Waals surface area contributed by atoms with Gasteiger partial charge >= 0.3 is 0 Å². The first kappa shape index (κ1) is 18.0. The standard InChI is InChI=1S/C18H15Cl2N3OS/c1-23(10-12-6-7-15(19)16(20)8-12)17(24)11-25-18-14-5-3-2-4-13(14)9-21-22-18/h2-9H,10-11H2,1H3. The fourth-order valence-corrected chi connectivity index (χ4v) is 3.60. The molecule has 0 N–H and O–H groups in total. The maximum absolute atomic E-state index is 12.4.